The number of aryl methyl sites for hydroxylation is 1. The van der Waals surface area contributed by atoms with Crippen LogP contribution in [-0.2, 0) is 9.53 Å². The summed E-state index contributed by atoms with van der Waals surface area (Å²) in [5, 5.41) is 12.7. The van der Waals surface area contributed by atoms with Gasteiger partial charge in [0.05, 0.1) is 21.9 Å². The highest BCUT2D eigenvalue weighted by Gasteiger charge is 2.17. The normalized spacial score (nSPS) is 11.1. The predicted octanol–water partition coefficient (Wildman–Crippen LogP) is 3.75. The zero-order valence-corrected chi connectivity index (χ0v) is 18.1. The number of hydrogen-bond donors (Lipinski definition) is 2. The van der Waals surface area contributed by atoms with Crippen molar-refractivity contribution in [1.82, 2.24) is 4.57 Å². The van der Waals surface area contributed by atoms with Crippen LogP contribution in [0.1, 0.15) is 25.5 Å². The number of hydrazone groups is 1. The molecular formula is C19H17Cl2N5O5. The van der Waals surface area contributed by atoms with Gasteiger partial charge in [-0.1, -0.05) is 23.2 Å². The van der Waals surface area contributed by atoms with E-state index in [2.05, 4.69) is 15.3 Å². The molecule has 2 rings (SSSR count). The Balaban J connectivity index is 2.30. The lowest BCUT2D eigenvalue weighted by Gasteiger charge is -2.15. The van der Waals surface area contributed by atoms with E-state index < -0.39 is 17.8 Å². The van der Waals surface area contributed by atoms with Gasteiger partial charge in [-0.25, -0.2) is 9.59 Å². The van der Waals surface area contributed by atoms with Crippen molar-refractivity contribution in [2.24, 2.45) is 10.8 Å². The monoisotopic (exact) mass is 465 g/mol. The van der Waals surface area contributed by atoms with Gasteiger partial charge in [0.15, 0.2) is 5.75 Å². The van der Waals surface area contributed by atoms with Crippen molar-refractivity contribution in [1.29, 1.82) is 5.26 Å². The van der Waals surface area contributed by atoms with Crippen molar-refractivity contribution >= 4 is 46.7 Å². The minimum atomic E-state index is -1.38. The fourth-order valence-corrected chi connectivity index (χ4v) is 2.93. The van der Waals surface area contributed by atoms with Crippen molar-refractivity contribution in [3.63, 3.8) is 0 Å². The van der Waals surface area contributed by atoms with Gasteiger partial charge in [-0.2, -0.15) is 10.4 Å². The van der Waals surface area contributed by atoms with Crippen LogP contribution in [0.4, 0.5) is 10.5 Å². The molecule has 0 bridgehead atoms. The highest BCUT2D eigenvalue weighted by Crippen LogP contribution is 2.39. The van der Waals surface area contributed by atoms with Crippen LogP contribution in [0.2, 0.25) is 10.0 Å². The number of rotatable bonds is 6. The van der Waals surface area contributed by atoms with Crippen LogP contribution in [0.3, 0.4) is 0 Å². The van der Waals surface area contributed by atoms with Gasteiger partial charge in [-0.05, 0) is 39.0 Å². The van der Waals surface area contributed by atoms with Gasteiger partial charge in [-0.3, -0.25) is 10.2 Å². The summed E-state index contributed by atoms with van der Waals surface area (Å²) in [5.41, 5.74) is 6.93. The maximum atomic E-state index is 12.2. The summed E-state index contributed by atoms with van der Waals surface area (Å²) in [4.78, 5) is 34.3. The van der Waals surface area contributed by atoms with Gasteiger partial charge in [0.25, 0.3) is 5.56 Å². The third-order valence-corrected chi connectivity index (χ3v) is 4.32. The molecule has 12 heteroatoms. The Labute approximate surface area is 186 Å². The van der Waals surface area contributed by atoms with E-state index in [1.807, 2.05) is 13.8 Å². The maximum Gasteiger partial charge on any atom is 0.412 e. The van der Waals surface area contributed by atoms with Crippen molar-refractivity contribution in [2.75, 3.05) is 5.43 Å². The van der Waals surface area contributed by atoms with Gasteiger partial charge in [0.1, 0.15) is 11.8 Å². The Morgan fingerprint density at radius 2 is 1.87 bits per heavy atom. The number of hydrogen-bond acceptors (Lipinski definition) is 8. The van der Waals surface area contributed by atoms with Crippen LogP contribution in [-0.4, -0.2) is 22.3 Å². The molecule has 0 spiro atoms. The Hall–Kier alpha value is -3.55. The molecule has 3 N–H and O–H groups in total. The number of anilines is 1. The molecule has 0 saturated heterocycles. The molecule has 0 atom stereocenters. The number of carbonyl (C=O) groups excluding carboxylic acids is 2. The van der Waals surface area contributed by atoms with E-state index in [4.69, 9.17) is 38.9 Å². The van der Waals surface area contributed by atoms with Crippen LogP contribution in [0.5, 0.6) is 11.5 Å². The van der Waals surface area contributed by atoms with E-state index >= 15 is 0 Å². The lowest BCUT2D eigenvalue weighted by atomic mass is 10.2. The number of nitrogens with zero attached hydrogens (tertiary/aromatic N) is 3. The highest BCUT2D eigenvalue weighted by molar-refractivity contribution is 6.44. The van der Waals surface area contributed by atoms with E-state index in [0.29, 0.717) is 11.3 Å². The number of ether oxygens (including phenoxy) is 2. The molecule has 1 heterocycles. The number of benzene rings is 1. The number of halogens is 2. The number of primary amides is 1. The number of amides is 1. The smallest absolute Gasteiger partial charge is 0.412 e. The summed E-state index contributed by atoms with van der Waals surface area (Å²) in [6, 6.07) is 5.70. The molecule has 0 radical (unpaired) electrons. The first-order valence-corrected chi connectivity index (χ1v) is 9.44. The fourth-order valence-electron chi connectivity index (χ4n) is 2.37. The standard InChI is InChI=1S/C19H17Cl2N5O5/c1-9(2)26-8-12(4-10(3)17(26)27)30-16-13(20)5-11(6-14(16)21)24-25-15(7-22)18(28)31-19(23)29/h4-6,8-9,24H,1-3H3,(H2,23,29). The zero-order chi connectivity index (χ0) is 23.3. The van der Waals surface area contributed by atoms with Gasteiger partial charge in [0.2, 0.25) is 5.71 Å². The highest BCUT2D eigenvalue weighted by atomic mass is 35.5. The van der Waals surface area contributed by atoms with E-state index in [0.717, 1.165) is 0 Å². The lowest BCUT2D eigenvalue weighted by Crippen LogP contribution is -2.24. The number of carbonyl (C=O) groups is 2. The molecule has 1 amide bonds. The summed E-state index contributed by atoms with van der Waals surface area (Å²) in [5.74, 6) is -0.843. The Morgan fingerprint density at radius 1 is 1.26 bits per heavy atom. The molecule has 162 valence electrons. The first kappa shape index (κ1) is 23.7. The molecule has 10 nitrogen and oxygen atoms in total. The average molecular weight is 466 g/mol. The van der Waals surface area contributed by atoms with Crippen molar-refractivity contribution in [3.05, 3.63) is 50.4 Å². The van der Waals surface area contributed by atoms with Crippen LogP contribution in [0.15, 0.2) is 34.3 Å². The average Bonchev–Trinajstić information content (AvgIpc) is 2.67. The number of nitrogens with one attached hydrogen (secondary N) is 1. The van der Waals surface area contributed by atoms with E-state index in [-0.39, 0.29) is 33.1 Å². The van der Waals surface area contributed by atoms with E-state index in [9.17, 15) is 14.4 Å². The lowest BCUT2D eigenvalue weighted by molar-refractivity contribution is -0.129. The Morgan fingerprint density at radius 3 is 2.39 bits per heavy atom. The van der Waals surface area contributed by atoms with Crippen molar-refractivity contribution in [2.45, 2.75) is 26.8 Å². The largest absolute Gasteiger partial charge is 0.453 e. The molecule has 1 aromatic carbocycles. The maximum absolute atomic E-state index is 12.2. The summed E-state index contributed by atoms with van der Waals surface area (Å²) in [6.45, 7) is 5.39. The summed E-state index contributed by atoms with van der Waals surface area (Å²) in [7, 11) is 0. The molecule has 1 aromatic heterocycles. The zero-order valence-electron chi connectivity index (χ0n) is 16.6. The Bertz CT molecular complexity index is 1140. The second-order valence-corrected chi connectivity index (χ2v) is 7.24. The topological polar surface area (TPSA) is 149 Å². The van der Waals surface area contributed by atoms with Crippen LogP contribution in [0.25, 0.3) is 0 Å². The quantitative estimate of drug-likeness (QED) is 0.285. The third kappa shape index (κ3) is 5.97. The van der Waals surface area contributed by atoms with E-state index in [1.165, 1.54) is 22.8 Å². The number of esters is 1. The number of nitriles is 1. The van der Waals surface area contributed by atoms with Crippen LogP contribution < -0.4 is 21.5 Å². The first-order valence-electron chi connectivity index (χ1n) is 8.68. The number of aromatic nitrogens is 1. The van der Waals surface area contributed by atoms with Gasteiger partial charge in [0, 0.05) is 11.6 Å². The molecular weight excluding hydrogens is 449 g/mol. The van der Waals surface area contributed by atoms with Crippen LogP contribution in [0, 0.1) is 18.3 Å². The number of nitrogens with two attached hydrogens (primary N) is 1. The molecule has 0 unspecified atom stereocenters. The van der Waals surface area contributed by atoms with Crippen molar-refractivity contribution < 1.29 is 19.1 Å². The molecule has 2 aromatic rings. The second kappa shape index (κ2) is 9.97. The molecule has 0 aliphatic rings. The van der Waals surface area contributed by atoms with E-state index in [1.54, 1.807) is 19.2 Å². The molecule has 0 saturated carbocycles. The third-order valence-electron chi connectivity index (χ3n) is 3.76. The van der Waals surface area contributed by atoms with Crippen molar-refractivity contribution in [3.8, 4) is 17.6 Å². The SMILES string of the molecule is Cc1cc(Oc2c(Cl)cc(NN=C(C#N)C(=O)OC(N)=O)cc2Cl)cn(C(C)C)c1=O. The van der Waals surface area contributed by atoms with Gasteiger partial charge in [-0.15, -0.1) is 0 Å². The van der Waals surface area contributed by atoms with Crippen LogP contribution >= 0.6 is 23.2 Å². The summed E-state index contributed by atoms with van der Waals surface area (Å²) < 4.78 is 11.4. The molecule has 0 aliphatic carbocycles. The fraction of sp³-hybridized carbons (Fsp3) is 0.211. The van der Waals surface area contributed by atoms with Gasteiger partial charge < -0.3 is 19.8 Å². The predicted molar refractivity (Wildman–Crippen MR) is 115 cm³/mol. The minimum Gasteiger partial charge on any atom is -0.453 e. The summed E-state index contributed by atoms with van der Waals surface area (Å²) in [6.07, 6.45) is 0.173. The first-order chi connectivity index (χ1) is 14.5. The molecule has 0 fully saturated rings. The van der Waals surface area contributed by atoms with Gasteiger partial charge >= 0.3 is 12.1 Å². The minimum absolute atomic E-state index is 0.0827. The Kier molecular flexibility index (Phi) is 7.63. The molecule has 31 heavy (non-hydrogen) atoms. The molecule has 0 aliphatic heterocycles. The second-order valence-electron chi connectivity index (χ2n) is 6.43. The summed E-state index contributed by atoms with van der Waals surface area (Å²) >= 11 is 12.5. The number of pyridine rings is 1.